The van der Waals surface area contributed by atoms with Crippen LogP contribution >= 0.6 is 0 Å². The van der Waals surface area contributed by atoms with Gasteiger partial charge in [0.1, 0.15) is 11.8 Å². The van der Waals surface area contributed by atoms with Gasteiger partial charge in [0.2, 0.25) is 5.82 Å². The summed E-state index contributed by atoms with van der Waals surface area (Å²) in [6.45, 7) is 1.89. The number of amides is 1. The second-order valence-corrected chi connectivity index (χ2v) is 6.14. The Labute approximate surface area is 156 Å². The average molecular weight is 368 g/mol. The van der Waals surface area contributed by atoms with Crippen LogP contribution in [0.1, 0.15) is 17.8 Å². The van der Waals surface area contributed by atoms with Gasteiger partial charge >= 0.3 is 0 Å². The number of aromatic nitrogens is 2. The minimum absolute atomic E-state index is 0.0545. The molecular formula is C19H20N4O4. The molecule has 0 bridgehead atoms. The van der Waals surface area contributed by atoms with Crippen molar-refractivity contribution in [2.24, 2.45) is 0 Å². The van der Waals surface area contributed by atoms with Gasteiger partial charge in [0.25, 0.3) is 11.8 Å². The number of rotatable bonds is 5. The van der Waals surface area contributed by atoms with E-state index in [0.29, 0.717) is 43.8 Å². The van der Waals surface area contributed by atoms with E-state index < -0.39 is 6.04 Å². The molecule has 0 spiro atoms. The summed E-state index contributed by atoms with van der Waals surface area (Å²) in [6, 6.07) is 8.83. The van der Waals surface area contributed by atoms with Crippen LogP contribution in [0.5, 0.6) is 5.75 Å². The molecule has 3 heterocycles. The minimum atomic E-state index is -0.418. The van der Waals surface area contributed by atoms with Gasteiger partial charge in [-0.25, -0.2) is 0 Å². The quantitative estimate of drug-likeness (QED) is 0.856. The Hall–Kier alpha value is -3.13. The highest BCUT2D eigenvalue weighted by atomic mass is 16.5. The number of allylic oxidation sites excluding steroid dienone is 2. The molecule has 1 aromatic carbocycles. The third kappa shape index (κ3) is 4.01. The normalized spacial score (nSPS) is 19.3. The van der Waals surface area contributed by atoms with E-state index in [9.17, 15) is 4.79 Å². The lowest BCUT2D eigenvalue weighted by molar-refractivity contribution is -0.143. The van der Waals surface area contributed by atoms with Gasteiger partial charge in [-0.2, -0.15) is 4.98 Å². The van der Waals surface area contributed by atoms with Gasteiger partial charge < -0.3 is 24.2 Å². The Balaban J connectivity index is 1.46. The van der Waals surface area contributed by atoms with Crippen LogP contribution in [0.25, 0.3) is 5.57 Å². The Morgan fingerprint density at radius 1 is 1.33 bits per heavy atom. The number of hydrogen-bond donors (Lipinski definition) is 1. The summed E-state index contributed by atoms with van der Waals surface area (Å²) < 4.78 is 16.5. The van der Waals surface area contributed by atoms with Crippen molar-refractivity contribution in [3.05, 3.63) is 60.4 Å². The Morgan fingerprint density at radius 3 is 3.04 bits per heavy atom. The minimum Gasteiger partial charge on any atom is -0.484 e. The lowest BCUT2D eigenvalue weighted by Crippen LogP contribution is -2.45. The van der Waals surface area contributed by atoms with Crippen molar-refractivity contribution in [2.45, 2.75) is 6.04 Å². The monoisotopic (exact) mass is 368 g/mol. The van der Waals surface area contributed by atoms with Crippen LogP contribution in [0.2, 0.25) is 0 Å². The van der Waals surface area contributed by atoms with E-state index in [1.165, 1.54) is 0 Å². The molecular weight excluding hydrogens is 348 g/mol. The zero-order chi connectivity index (χ0) is 18.5. The van der Waals surface area contributed by atoms with Gasteiger partial charge in [-0.3, -0.25) is 4.79 Å². The fourth-order valence-electron chi connectivity index (χ4n) is 2.96. The van der Waals surface area contributed by atoms with E-state index in [0.717, 1.165) is 5.57 Å². The third-order valence-corrected chi connectivity index (χ3v) is 4.36. The molecule has 2 aliphatic rings. The molecule has 1 fully saturated rings. The lowest BCUT2D eigenvalue weighted by atomic mass is 10.2. The first kappa shape index (κ1) is 17.3. The maximum absolute atomic E-state index is 12.7. The molecule has 0 aliphatic carbocycles. The summed E-state index contributed by atoms with van der Waals surface area (Å²) in [5.74, 6) is 1.38. The first-order valence-corrected chi connectivity index (χ1v) is 8.80. The molecule has 0 radical (unpaired) electrons. The molecule has 0 saturated carbocycles. The first-order valence-electron chi connectivity index (χ1n) is 8.80. The standard InChI is InChI=1S/C19H20N4O4/c24-17(13-26-15-4-2-1-3-5-15)23-10-11-25-12-16(23)19-21-18(22-27-19)14-6-8-20-9-7-14/h1-8,16,20H,9-13H2/t16-/m1/s1. The topological polar surface area (TPSA) is 89.7 Å². The fourth-order valence-corrected chi connectivity index (χ4v) is 2.96. The molecule has 8 nitrogen and oxygen atoms in total. The molecule has 1 N–H and O–H groups in total. The second kappa shape index (κ2) is 8.05. The number of dihydropyridines is 1. The zero-order valence-electron chi connectivity index (χ0n) is 14.7. The van der Waals surface area contributed by atoms with Gasteiger partial charge in [-0.15, -0.1) is 0 Å². The van der Waals surface area contributed by atoms with Gasteiger partial charge in [0, 0.05) is 18.7 Å². The maximum Gasteiger partial charge on any atom is 0.261 e. The number of nitrogens with one attached hydrogen (secondary N) is 1. The van der Waals surface area contributed by atoms with Crippen molar-refractivity contribution in [3.63, 3.8) is 0 Å². The highest BCUT2D eigenvalue weighted by Gasteiger charge is 2.33. The maximum atomic E-state index is 12.7. The Bertz CT molecular complexity index is 846. The number of benzene rings is 1. The number of morpholine rings is 1. The molecule has 4 rings (SSSR count). The summed E-state index contributed by atoms with van der Waals surface area (Å²) in [4.78, 5) is 18.8. The summed E-state index contributed by atoms with van der Waals surface area (Å²) in [5, 5.41) is 7.12. The molecule has 0 unspecified atom stereocenters. The van der Waals surface area contributed by atoms with Gasteiger partial charge in [0.15, 0.2) is 6.61 Å². The van der Waals surface area contributed by atoms with Crippen LogP contribution in [0.3, 0.4) is 0 Å². The number of nitrogens with zero attached hydrogens (tertiary/aromatic N) is 3. The predicted octanol–water partition coefficient (Wildman–Crippen LogP) is 1.55. The third-order valence-electron chi connectivity index (χ3n) is 4.36. The van der Waals surface area contributed by atoms with Crippen molar-refractivity contribution >= 4 is 11.5 Å². The van der Waals surface area contributed by atoms with Crippen LogP contribution in [0.4, 0.5) is 0 Å². The molecule has 1 amide bonds. The van der Waals surface area contributed by atoms with Crippen LogP contribution in [-0.4, -0.2) is 53.9 Å². The molecule has 1 saturated heterocycles. The summed E-state index contributed by atoms with van der Waals surface area (Å²) >= 11 is 0. The molecule has 1 atom stereocenters. The van der Waals surface area contributed by atoms with E-state index in [4.69, 9.17) is 14.0 Å². The number of ether oxygens (including phenoxy) is 2. The van der Waals surface area contributed by atoms with Crippen LogP contribution in [0.15, 0.2) is 53.2 Å². The SMILES string of the molecule is O=C(COc1ccccc1)N1CCOC[C@@H]1c1nc(C2=CCNC=C2)no1. The molecule has 1 aromatic heterocycles. The van der Waals surface area contributed by atoms with Gasteiger partial charge in [-0.1, -0.05) is 29.4 Å². The highest BCUT2D eigenvalue weighted by Crippen LogP contribution is 2.25. The largest absolute Gasteiger partial charge is 0.484 e. The van der Waals surface area contributed by atoms with Crippen molar-refractivity contribution in [1.82, 2.24) is 20.4 Å². The first-order chi connectivity index (χ1) is 13.3. The number of para-hydroxylation sites is 1. The molecule has 2 aliphatic heterocycles. The molecule has 27 heavy (non-hydrogen) atoms. The highest BCUT2D eigenvalue weighted by molar-refractivity contribution is 5.78. The van der Waals surface area contributed by atoms with Crippen molar-refractivity contribution < 1.29 is 18.8 Å². The summed E-state index contributed by atoms with van der Waals surface area (Å²) in [7, 11) is 0. The number of carbonyl (C=O) groups is 1. The fraction of sp³-hybridized carbons (Fsp3) is 0.316. The average Bonchev–Trinajstić information content (AvgIpc) is 3.23. The van der Waals surface area contributed by atoms with Crippen LogP contribution in [0, 0.1) is 0 Å². The van der Waals surface area contributed by atoms with E-state index in [-0.39, 0.29) is 12.5 Å². The Morgan fingerprint density at radius 2 is 2.22 bits per heavy atom. The van der Waals surface area contributed by atoms with Crippen molar-refractivity contribution in [2.75, 3.05) is 32.9 Å². The zero-order valence-corrected chi connectivity index (χ0v) is 14.7. The molecule has 8 heteroatoms. The second-order valence-electron chi connectivity index (χ2n) is 6.14. The van der Waals surface area contributed by atoms with Crippen molar-refractivity contribution in [3.8, 4) is 5.75 Å². The van der Waals surface area contributed by atoms with E-state index in [1.54, 1.807) is 4.90 Å². The van der Waals surface area contributed by atoms with E-state index in [1.807, 2.05) is 48.7 Å². The van der Waals surface area contributed by atoms with Gasteiger partial charge in [-0.05, 0) is 24.4 Å². The lowest BCUT2D eigenvalue weighted by Gasteiger charge is -2.33. The van der Waals surface area contributed by atoms with Crippen molar-refractivity contribution in [1.29, 1.82) is 0 Å². The van der Waals surface area contributed by atoms with Crippen LogP contribution < -0.4 is 10.1 Å². The summed E-state index contributed by atoms with van der Waals surface area (Å²) in [5.41, 5.74) is 0.880. The van der Waals surface area contributed by atoms with E-state index >= 15 is 0 Å². The van der Waals surface area contributed by atoms with Crippen LogP contribution in [-0.2, 0) is 9.53 Å². The van der Waals surface area contributed by atoms with E-state index in [2.05, 4.69) is 15.5 Å². The number of carbonyl (C=O) groups excluding carboxylic acids is 1. The number of hydrogen-bond acceptors (Lipinski definition) is 7. The predicted molar refractivity (Wildman–Crippen MR) is 96.6 cm³/mol. The molecule has 2 aromatic rings. The molecule has 140 valence electrons. The smallest absolute Gasteiger partial charge is 0.261 e. The summed E-state index contributed by atoms with van der Waals surface area (Å²) in [6.07, 6.45) is 5.70. The Kier molecular flexibility index (Phi) is 5.15. The van der Waals surface area contributed by atoms with Gasteiger partial charge in [0.05, 0.1) is 13.2 Å².